The van der Waals surface area contributed by atoms with Crippen molar-refractivity contribution in [3.63, 3.8) is 0 Å². The molecule has 1 N–H and O–H groups in total. The molecular weight excluding hydrogens is 260 g/mol. The maximum absolute atomic E-state index is 4.40. The fourth-order valence-electron chi connectivity index (χ4n) is 2.55. The molecule has 2 heterocycles. The summed E-state index contributed by atoms with van der Waals surface area (Å²) >= 11 is 0. The van der Waals surface area contributed by atoms with Gasteiger partial charge in [-0.05, 0) is 42.7 Å². The van der Waals surface area contributed by atoms with E-state index < -0.39 is 0 Å². The van der Waals surface area contributed by atoms with Gasteiger partial charge in [0.2, 0.25) is 0 Å². The van der Waals surface area contributed by atoms with E-state index in [-0.39, 0.29) is 0 Å². The number of nitrogens with one attached hydrogen (secondary N) is 1. The summed E-state index contributed by atoms with van der Waals surface area (Å²) in [6.07, 6.45) is 2.63. The van der Waals surface area contributed by atoms with Crippen LogP contribution in [-0.4, -0.2) is 22.2 Å². The van der Waals surface area contributed by atoms with Crippen molar-refractivity contribution in [3.05, 3.63) is 58.9 Å². The van der Waals surface area contributed by atoms with Crippen LogP contribution in [0.15, 0.2) is 36.5 Å². The van der Waals surface area contributed by atoms with Gasteiger partial charge in [-0.15, -0.1) is 5.10 Å². The van der Waals surface area contributed by atoms with E-state index in [9.17, 15) is 0 Å². The Morgan fingerprint density at radius 1 is 1.00 bits per heavy atom. The number of rotatable bonds is 3. The number of para-hydroxylation sites is 1. The summed E-state index contributed by atoms with van der Waals surface area (Å²) in [7, 11) is 1.87. The fourth-order valence-corrected chi connectivity index (χ4v) is 2.55. The van der Waals surface area contributed by atoms with Gasteiger partial charge in [0.15, 0.2) is 5.82 Å². The molecule has 0 atom stereocenters. The summed E-state index contributed by atoms with van der Waals surface area (Å²) in [5, 5.41) is 12.9. The van der Waals surface area contributed by atoms with E-state index in [0.29, 0.717) is 0 Å². The average Bonchev–Trinajstić information content (AvgIpc) is 2.52. The first kappa shape index (κ1) is 13.5. The van der Waals surface area contributed by atoms with Crippen molar-refractivity contribution in [2.45, 2.75) is 20.3 Å². The molecule has 3 aromatic rings. The molecule has 0 amide bonds. The molecule has 21 heavy (non-hydrogen) atoms. The van der Waals surface area contributed by atoms with Crippen molar-refractivity contribution in [1.29, 1.82) is 0 Å². The zero-order valence-corrected chi connectivity index (χ0v) is 12.5. The molecule has 0 aliphatic carbocycles. The summed E-state index contributed by atoms with van der Waals surface area (Å²) in [4.78, 5) is 4.40. The van der Waals surface area contributed by atoms with Gasteiger partial charge in [0, 0.05) is 25.1 Å². The lowest BCUT2D eigenvalue weighted by molar-refractivity contribution is 0.910. The van der Waals surface area contributed by atoms with Crippen molar-refractivity contribution in [2.75, 3.05) is 12.4 Å². The largest absolute Gasteiger partial charge is 0.371 e. The first-order valence-corrected chi connectivity index (χ1v) is 7.04. The predicted molar refractivity (Wildman–Crippen MR) is 85.6 cm³/mol. The SMILES string of the molecule is CNc1nnc(Cc2ccnc3ccccc23)c(C)c1C. The van der Waals surface area contributed by atoms with Crippen molar-refractivity contribution < 1.29 is 0 Å². The molecule has 0 saturated carbocycles. The van der Waals surface area contributed by atoms with E-state index in [2.05, 4.69) is 46.5 Å². The lowest BCUT2D eigenvalue weighted by atomic mass is 10.0. The quantitative estimate of drug-likeness (QED) is 0.799. The second-order valence-electron chi connectivity index (χ2n) is 5.16. The molecule has 0 bridgehead atoms. The topological polar surface area (TPSA) is 50.7 Å². The Morgan fingerprint density at radius 3 is 2.62 bits per heavy atom. The Balaban J connectivity index is 2.05. The summed E-state index contributed by atoms with van der Waals surface area (Å²) in [6.45, 7) is 4.17. The minimum atomic E-state index is 0.771. The van der Waals surface area contributed by atoms with Crippen LogP contribution in [0.3, 0.4) is 0 Å². The van der Waals surface area contributed by atoms with Crippen molar-refractivity contribution in [1.82, 2.24) is 15.2 Å². The molecule has 4 nitrogen and oxygen atoms in total. The average molecular weight is 278 g/mol. The number of fused-ring (bicyclic) bond motifs is 1. The highest BCUT2D eigenvalue weighted by Crippen LogP contribution is 2.22. The maximum atomic E-state index is 4.40. The molecular formula is C17H18N4. The number of hydrogen-bond acceptors (Lipinski definition) is 4. The number of benzene rings is 1. The van der Waals surface area contributed by atoms with Crippen molar-refractivity contribution in [3.8, 4) is 0 Å². The molecule has 2 aromatic heterocycles. The first-order chi connectivity index (χ1) is 10.2. The van der Waals surface area contributed by atoms with Crippen LogP contribution in [0.25, 0.3) is 10.9 Å². The smallest absolute Gasteiger partial charge is 0.151 e. The summed E-state index contributed by atoms with van der Waals surface area (Å²) < 4.78 is 0. The van der Waals surface area contributed by atoms with Crippen molar-refractivity contribution in [2.24, 2.45) is 0 Å². The van der Waals surface area contributed by atoms with Gasteiger partial charge in [0.1, 0.15) is 0 Å². The van der Waals surface area contributed by atoms with Crippen LogP contribution >= 0.6 is 0 Å². The Morgan fingerprint density at radius 2 is 1.81 bits per heavy atom. The Kier molecular flexibility index (Phi) is 3.52. The molecule has 0 saturated heterocycles. The second kappa shape index (κ2) is 5.48. The van der Waals surface area contributed by atoms with Crippen LogP contribution < -0.4 is 5.32 Å². The molecule has 1 aromatic carbocycles. The molecule has 3 rings (SSSR count). The van der Waals surface area contributed by atoms with Crippen LogP contribution in [0.4, 0.5) is 5.82 Å². The summed E-state index contributed by atoms with van der Waals surface area (Å²) in [5.74, 6) is 0.843. The Labute approximate surface area is 124 Å². The highest BCUT2D eigenvalue weighted by Gasteiger charge is 2.11. The standard InChI is InChI=1S/C17H18N4/c1-11-12(2)17(18-3)21-20-16(11)10-13-8-9-19-15-7-5-4-6-14(13)15/h4-9H,10H2,1-3H3,(H,18,21). The summed E-state index contributed by atoms with van der Waals surface area (Å²) in [5.41, 5.74) is 5.61. The molecule has 0 unspecified atom stereocenters. The number of nitrogens with zero attached hydrogens (tertiary/aromatic N) is 3. The molecule has 0 aliphatic rings. The highest BCUT2D eigenvalue weighted by molar-refractivity contribution is 5.82. The molecule has 0 aliphatic heterocycles. The van der Waals surface area contributed by atoms with Gasteiger partial charge in [-0.1, -0.05) is 18.2 Å². The number of pyridine rings is 1. The number of aromatic nitrogens is 3. The Bertz CT molecular complexity index is 791. The zero-order chi connectivity index (χ0) is 14.8. The second-order valence-corrected chi connectivity index (χ2v) is 5.16. The molecule has 0 spiro atoms. The van der Waals surface area contributed by atoms with Gasteiger partial charge in [-0.2, -0.15) is 5.10 Å². The van der Waals surface area contributed by atoms with Gasteiger partial charge >= 0.3 is 0 Å². The van der Waals surface area contributed by atoms with Gasteiger partial charge < -0.3 is 5.32 Å². The third kappa shape index (κ3) is 2.44. The van der Waals surface area contributed by atoms with E-state index in [0.717, 1.165) is 29.0 Å². The molecule has 0 radical (unpaired) electrons. The lowest BCUT2D eigenvalue weighted by Crippen LogP contribution is -2.06. The third-order valence-electron chi connectivity index (χ3n) is 3.96. The van der Waals surface area contributed by atoms with Gasteiger partial charge in [-0.25, -0.2) is 0 Å². The van der Waals surface area contributed by atoms with Crippen LogP contribution in [0, 0.1) is 13.8 Å². The van der Waals surface area contributed by atoms with Gasteiger partial charge in [0.25, 0.3) is 0 Å². The zero-order valence-electron chi connectivity index (χ0n) is 12.5. The molecule has 106 valence electrons. The first-order valence-electron chi connectivity index (χ1n) is 7.04. The maximum Gasteiger partial charge on any atom is 0.151 e. The summed E-state index contributed by atoms with van der Waals surface area (Å²) in [6, 6.07) is 10.3. The van der Waals surface area contributed by atoms with Crippen LogP contribution in [-0.2, 0) is 6.42 Å². The third-order valence-corrected chi connectivity index (χ3v) is 3.96. The van der Waals surface area contributed by atoms with Gasteiger partial charge in [0.05, 0.1) is 11.2 Å². The normalized spacial score (nSPS) is 10.8. The lowest BCUT2D eigenvalue weighted by Gasteiger charge is -2.11. The van der Waals surface area contributed by atoms with Crippen molar-refractivity contribution >= 4 is 16.7 Å². The van der Waals surface area contributed by atoms with E-state index in [1.165, 1.54) is 16.5 Å². The minimum absolute atomic E-state index is 0.771. The van der Waals surface area contributed by atoms with E-state index in [4.69, 9.17) is 0 Å². The number of hydrogen-bond donors (Lipinski definition) is 1. The predicted octanol–water partition coefficient (Wildman–Crippen LogP) is 3.27. The fraction of sp³-hybridized carbons (Fsp3) is 0.235. The molecule has 0 fully saturated rings. The van der Waals surface area contributed by atoms with E-state index in [1.807, 2.05) is 31.4 Å². The molecule has 4 heteroatoms. The minimum Gasteiger partial charge on any atom is -0.371 e. The monoisotopic (exact) mass is 278 g/mol. The van der Waals surface area contributed by atoms with Crippen LogP contribution in [0.1, 0.15) is 22.4 Å². The number of anilines is 1. The van der Waals surface area contributed by atoms with E-state index >= 15 is 0 Å². The highest BCUT2D eigenvalue weighted by atomic mass is 15.2. The van der Waals surface area contributed by atoms with E-state index in [1.54, 1.807) is 0 Å². The van der Waals surface area contributed by atoms with Crippen LogP contribution in [0.2, 0.25) is 0 Å². The Hall–Kier alpha value is -2.49. The van der Waals surface area contributed by atoms with Gasteiger partial charge in [-0.3, -0.25) is 4.98 Å². The van der Waals surface area contributed by atoms with Crippen LogP contribution in [0.5, 0.6) is 0 Å².